The maximum absolute atomic E-state index is 13.7. The first kappa shape index (κ1) is 48.0. The number of amides is 1. The van der Waals surface area contributed by atoms with Gasteiger partial charge in [0, 0.05) is 49.8 Å². The number of fused-ring (bicyclic) bond motifs is 7. The molecule has 7 rings (SSSR count). The third-order valence-corrected chi connectivity index (χ3v) is 22.0. The molecule has 14 atom stereocenters. The number of esters is 1. The van der Waals surface area contributed by atoms with E-state index in [0.29, 0.717) is 68.2 Å². The predicted octanol–water partition coefficient (Wildman–Crippen LogP) is 7.58. The van der Waals surface area contributed by atoms with Crippen LogP contribution in [0.1, 0.15) is 140 Å². The van der Waals surface area contributed by atoms with Crippen LogP contribution in [0, 0.1) is 74.4 Å². The molecule has 2 unspecified atom stereocenters. The maximum Gasteiger partial charge on any atom is 0.407 e. The lowest BCUT2D eigenvalue weighted by molar-refractivity contribution is -0.249. The van der Waals surface area contributed by atoms with Crippen LogP contribution in [0.15, 0.2) is 0 Å². The third-order valence-electron chi connectivity index (χ3n) is 20.3. The second-order valence-corrected chi connectivity index (χ2v) is 26.1. The van der Waals surface area contributed by atoms with Crippen molar-refractivity contribution in [3.63, 3.8) is 0 Å². The van der Waals surface area contributed by atoms with Crippen molar-refractivity contribution in [2.24, 2.45) is 74.4 Å². The number of methoxy groups -OCH3 is 1. The smallest absolute Gasteiger partial charge is 0.407 e. The Balaban J connectivity index is 1.10. The molecule has 12 nitrogen and oxygen atoms in total. The second kappa shape index (κ2) is 17.0. The standard InChI is InChI=1S/C49H83N3O9S/c1-30(2)32-14-19-49(50-29-36(52-22-26-62(57,58)27-23-52)31(3)51-43(56)60-25-24-59-11)21-20-47(9)33(40(32)49)12-13-38-46(8)17-16-39(45(6,7)37(46)15-18-48(38,47)10)61-42(55)35-28-34(41(53)54)44(35,4)5/h30-40,50H,12-29H2,1-11H3,(H,51,56)(H,53,54)/t31?,32-,33+,34-,35+,36?,37-,38+,39-,40+,46-,47+,48+,49-/m0/s1. The fourth-order valence-corrected chi connectivity index (χ4v) is 17.6. The Hall–Kier alpha value is -1.96. The van der Waals surface area contributed by atoms with Crippen molar-refractivity contribution in [2.45, 2.75) is 164 Å². The quantitative estimate of drug-likeness (QED) is 0.124. The number of hydrogen-bond acceptors (Lipinski definition) is 10. The molecule has 0 aromatic rings. The highest BCUT2D eigenvalue weighted by Crippen LogP contribution is 2.76. The summed E-state index contributed by atoms with van der Waals surface area (Å²) in [6, 6.07) is -0.350. The van der Waals surface area contributed by atoms with Gasteiger partial charge in [-0.05, 0) is 135 Å². The van der Waals surface area contributed by atoms with E-state index in [0.717, 1.165) is 32.1 Å². The Morgan fingerprint density at radius 1 is 0.790 bits per heavy atom. The molecule has 0 spiro atoms. The van der Waals surface area contributed by atoms with Crippen molar-refractivity contribution in [1.82, 2.24) is 15.5 Å². The first-order chi connectivity index (χ1) is 28.9. The molecular formula is C49H83N3O9S. The molecule has 0 aromatic carbocycles. The van der Waals surface area contributed by atoms with Crippen molar-refractivity contribution in [3.05, 3.63) is 0 Å². The molecule has 7 aliphatic rings. The molecule has 3 N–H and O–H groups in total. The van der Waals surface area contributed by atoms with Crippen molar-refractivity contribution >= 4 is 27.9 Å². The summed E-state index contributed by atoms with van der Waals surface area (Å²) in [7, 11) is -1.50. The second-order valence-electron chi connectivity index (χ2n) is 23.8. The summed E-state index contributed by atoms with van der Waals surface area (Å²) in [5, 5.41) is 17.1. The van der Waals surface area contributed by atoms with Crippen LogP contribution in [0.4, 0.5) is 4.79 Å². The van der Waals surface area contributed by atoms with E-state index in [1.807, 2.05) is 20.8 Å². The number of carboxylic acid groups (broad SMARTS) is 1. The normalized spacial score (nSPS) is 42.8. The molecule has 1 heterocycles. The highest BCUT2D eigenvalue weighted by molar-refractivity contribution is 7.91. The van der Waals surface area contributed by atoms with Gasteiger partial charge in [-0.3, -0.25) is 14.5 Å². The van der Waals surface area contributed by atoms with Crippen molar-refractivity contribution in [1.29, 1.82) is 0 Å². The Morgan fingerprint density at radius 2 is 1.48 bits per heavy atom. The van der Waals surface area contributed by atoms with Gasteiger partial charge in [0.2, 0.25) is 0 Å². The summed E-state index contributed by atoms with van der Waals surface area (Å²) in [5.41, 5.74) is -0.353. The molecule has 354 valence electrons. The minimum absolute atomic E-state index is 0.0222. The zero-order valence-electron chi connectivity index (χ0n) is 40.1. The molecule has 6 saturated carbocycles. The first-order valence-electron chi connectivity index (χ1n) is 24.4. The molecule has 62 heavy (non-hydrogen) atoms. The van der Waals surface area contributed by atoms with Crippen LogP contribution in [-0.2, 0) is 33.6 Å². The molecular weight excluding hydrogens is 807 g/mol. The average molecular weight is 890 g/mol. The minimum Gasteiger partial charge on any atom is -0.481 e. The molecule has 0 bridgehead atoms. The molecule has 6 aliphatic carbocycles. The molecule has 0 radical (unpaired) electrons. The number of nitrogens with one attached hydrogen (secondary N) is 2. The summed E-state index contributed by atoms with van der Waals surface area (Å²) < 4.78 is 42.0. The number of ether oxygens (including phenoxy) is 3. The van der Waals surface area contributed by atoms with Crippen molar-refractivity contribution in [2.75, 3.05) is 51.5 Å². The number of carboxylic acids is 1. The van der Waals surface area contributed by atoms with E-state index in [1.54, 1.807) is 7.11 Å². The summed E-state index contributed by atoms with van der Waals surface area (Å²) in [6.45, 7) is 25.4. The zero-order chi connectivity index (χ0) is 45.4. The fraction of sp³-hybridized carbons (Fsp3) is 0.939. The monoisotopic (exact) mass is 890 g/mol. The van der Waals surface area contributed by atoms with Crippen LogP contribution in [0.2, 0.25) is 0 Å². The number of alkyl carbamates (subject to hydrolysis) is 1. The average Bonchev–Trinajstić information content (AvgIpc) is 3.56. The Kier molecular flexibility index (Phi) is 13.2. The summed E-state index contributed by atoms with van der Waals surface area (Å²) >= 11 is 0. The van der Waals surface area contributed by atoms with E-state index in [1.165, 1.54) is 32.1 Å². The topological polar surface area (TPSA) is 161 Å². The number of nitrogens with zero attached hydrogens (tertiary/aromatic N) is 1. The fourth-order valence-electron chi connectivity index (χ4n) is 16.4. The molecule has 1 amide bonds. The minimum atomic E-state index is -3.08. The van der Waals surface area contributed by atoms with Gasteiger partial charge in [-0.2, -0.15) is 0 Å². The van der Waals surface area contributed by atoms with Gasteiger partial charge in [0.05, 0.1) is 29.9 Å². The van der Waals surface area contributed by atoms with Crippen molar-refractivity contribution in [3.8, 4) is 0 Å². The van der Waals surface area contributed by atoms with Gasteiger partial charge >= 0.3 is 18.0 Å². The number of hydrogen-bond donors (Lipinski definition) is 3. The summed E-state index contributed by atoms with van der Waals surface area (Å²) in [5.74, 6) is 1.63. The number of carbonyl (C=O) groups excluding carboxylic acids is 2. The van der Waals surface area contributed by atoms with Crippen LogP contribution in [0.3, 0.4) is 0 Å². The molecule has 1 saturated heterocycles. The highest BCUT2D eigenvalue weighted by atomic mass is 32.2. The van der Waals surface area contributed by atoms with Gasteiger partial charge in [0.15, 0.2) is 9.84 Å². The van der Waals surface area contributed by atoms with Gasteiger partial charge in [-0.25, -0.2) is 13.2 Å². The largest absolute Gasteiger partial charge is 0.481 e. The van der Waals surface area contributed by atoms with Gasteiger partial charge in [0.25, 0.3) is 0 Å². The SMILES string of the molecule is COCCOC(=O)NC(C)C(CN[C@]12CC[C@@H](C(C)C)[C@@H]1[C@H]1CC[C@@H]3[C@@]4(C)CC[C@H](OC(=O)[C@H]5C[C@@H](C(=O)O)C5(C)C)C(C)(C)[C@@H]4CC[C@@]3(C)[C@]1(C)CC2)N1CCS(=O)(=O)CC1. The van der Waals surface area contributed by atoms with Gasteiger partial charge < -0.3 is 30.0 Å². The van der Waals surface area contributed by atoms with Gasteiger partial charge in [-0.1, -0.05) is 62.3 Å². The van der Waals surface area contributed by atoms with E-state index >= 15 is 0 Å². The van der Waals surface area contributed by atoms with E-state index < -0.39 is 33.2 Å². The van der Waals surface area contributed by atoms with Crippen LogP contribution in [-0.4, -0.2) is 112 Å². The van der Waals surface area contributed by atoms with Crippen LogP contribution >= 0.6 is 0 Å². The lowest BCUT2D eigenvalue weighted by Crippen LogP contribution is -2.69. The zero-order valence-corrected chi connectivity index (χ0v) is 41.0. The third kappa shape index (κ3) is 7.96. The molecule has 1 aliphatic heterocycles. The maximum atomic E-state index is 13.7. The van der Waals surface area contributed by atoms with Crippen molar-refractivity contribution < 1.29 is 42.1 Å². The lowest BCUT2D eigenvalue weighted by atomic mass is 9.32. The highest BCUT2D eigenvalue weighted by Gasteiger charge is 2.71. The predicted molar refractivity (Wildman–Crippen MR) is 240 cm³/mol. The first-order valence-corrected chi connectivity index (χ1v) is 26.3. The van der Waals surface area contributed by atoms with Crippen LogP contribution in [0.25, 0.3) is 0 Å². The van der Waals surface area contributed by atoms with Gasteiger partial charge in [0.1, 0.15) is 12.7 Å². The molecule has 13 heteroatoms. The Morgan fingerprint density at radius 3 is 2.11 bits per heavy atom. The lowest BCUT2D eigenvalue weighted by Gasteiger charge is -2.73. The van der Waals surface area contributed by atoms with Crippen LogP contribution < -0.4 is 10.6 Å². The van der Waals surface area contributed by atoms with E-state index in [9.17, 15) is 27.9 Å². The number of sulfone groups is 1. The summed E-state index contributed by atoms with van der Waals surface area (Å²) in [4.78, 5) is 40.7. The number of aliphatic carboxylic acids is 1. The molecule has 7 fully saturated rings. The van der Waals surface area contributed by atoms with E-state index in [2.05, 4.69) is 64.0 Å². The number of carbonyl (C=O) groups is 3. The van der Waals surface area contributed by atoms with Gasteiger partial charge in [-0.15, -0.1) is 0 Å². The van der Waals surface area contributed by atoms with E-state index in [-0.39, 0.29) is 75.4 Å². The Bertz CT molecular complexity index is 1790. The summed E-state index contributed by atoms with van der Waals surface area (Å²) in [6.07, 6.45) is 11.0. The van der Waals surface area contributed by atoms with Crippen LogP contribution in [0.5, 0.6) is 0 Å². The van der Waals surface area contributed by atoms with E-state index in [4.69, 9.17) is 14.2 Å². The number of rotatable bonds is 13. The molecule has 0 aromatic heterocycles. The Labute approximate surface area is 373 Å².